The molecule has 1 aromatic heterocycles. The Kier molecular flexibility index (Phi) is 3.40. The van der Waals surface area contributed by atoms with Crippen molar-refractivity contribution in [1.82, 2.24) is 3.97 Å². The van der Waals surface area contributed by atoms with Crippen LogP contribution in [0.2, 0.25) is 0 Å². The molecular formula is C11H12ClNO4S2. The monoisotopic (exact) mass is 321 g/mol. The Bertz CT molecular complexity index is 758. The second-order valence-electron chi connectivity index (χ2n) is 4.42. The summed E-state index contributed by atoms with van der Waals surface area (Å²) in [7, 11) is -2.50. The van der Waals surface area contributed by atoms with Crippen molar-refractivity contribution >= 4 is 29.8 Å². The third kappa shape index (κ3) is 2.50. The van der Waals surface area contributed by atoms with Crippen molar-refractivity contribution in [2.24, 2.45) is 0 Å². The fraction of sp³-hybridized carbons (Fsp3) is 0.273. The lowest BCUT2D eigenvalue weighted by Crippen LogP contribution is -2.37. The van der Waals surface area contributed by atoms with Crippen molar-refractivity contribution in [3.05, 3.63) is 42.8 Å². The Morgan fingerprint density at radius 2 is 1.95 bits per heavy atom. The average molecular weight is 322 g/mol. The van der Waals surface area contributed by atoms with Crippen LogP contribution in [0.25, 0.3) is 0 Å². The van der Waals surface area contributed by atoms with Gasteiger partial charge in [0.15, 0.2) is 0 Å². The lowest BCUT2D eigenvalue weighted by Gasteiger charge is -2.26. The van der Waals surface area contributed by atoms with E-state index in [1.807, 2.05) is 0 Å². The highest BCUT2D eigenvalue weighted by molar-refractivity contribution is 8.13. The van der Waals surface area contributed by atoms with Crippen LogP contribution in [0.1, 0.15) is 13.3 Å². The molecule has 1 aliphatic rings. The second kappa shape index (κ2) is 4.50. The normalized spacial score (nSPS) is 23.7. The molecule has 0 aliphatic heterocycles. The van der Waals surface area contributed by atoms with E-state index in [1.165, 1.54) is 6.20 Å². The van der Waals surface area contributed by atoms with Crippen LogP contribution in [0, 0.1) is 0 Å². The van der Waals surface area contributed by atoms with Gasteiger partial charge in [0.2, 0.25) is 10.0 Å². The fourth-order valence-electron chi connectivity index (χ4n) is 1.79. The number of nitrogens with zero attached hydrogens (tertiary/aromatic N) is 1. The van der Waals surface area contributed by atoms with Crippen molar-refractivity contribution in [1.29, 1.82) is 0 Å². The molecule has 1 aliphatic carbocycles. The fourth-order valence-corrected chi connectivity index (χ4v) is 4.11. The molecule has 1 heterocycles. The number of aromatic nitrogens is 1. The van der Waals surface area contributed by atoms with E-state index in [4.69, 9.17) is 10.7 Å². The van der Waals surface area contributed by atoms with Gasteiger partial charge in [0, 0.05) is 23.1 Å². The summed E-state index contributed by atoms with van der Waals surface area (Å²) < 4.78 is 47.1. The van der Waals surface area contributed by atoms with Gasteiger partial charge in [-0.15, -0.1) is 0 Å². The number of hydrogen-bond acceptors (Lipinski definition) is 4. The average Bonchev–Trinajstić information content (AvgIpc) is 2.79. The van der Waals surface area contributed by atoms with Crippen molar-refractivity contribution in [3.8, 4) is 0 Å². The summed E-state index contributed by atoms with van der Waals surface area (Å²) in [5.74, 6) is 0. The van der Waals surface area contributed by atoms with E-state index in [2.05, 4.69) is 0 Å². The standard InChI is InChI=1S/C11H12ClNO4S2/c1-11(6-3-2-4-7-11)19(16,17)13-8-5-10(9-13)18(12,14)15/h2-6,8-9H,7H2,1H3. The summed E-state index contributed by atoms with van der Waals surface area (Å²) >= 11 is 0. The molecule has 0 saturated heterocycles. The quantitative estimate of drug-likeness (QED) is 0.797. The summed E-state index contributed by atoms with van der Waals surface area (Å²) in [4.78, 5) is -0.239. The SMILES string of the molecule is CC1(S(=O)(=O)n2ccc(S(=O)(=O)Cl)c2)C=CC=CC1. The van der Waals surface area contributed by atoms with E-state index in [1.54, 1.807) is 31.2 Å². The number of hydrogen-bond donors (Lipinski definition) is 0. The van der Waals surface area contributed by atoms with Crippen molar-refractivity contribution < 1.29 is 16.8 Å². The van der Waals surface area contributed by atoms with E-state index in [0.29, 0.717) is 6.42 Å². The van der Waals surface area contributed by atoms with Gasteiger partial charge in [-0.05, 0) is 19.4 Å². The molecule has 0 N–H and O–H groups in total. The first-order valence-corrected chi connectivity index (χ1v) is 9.14. The van der Waals surface area contributed by atoms with Gasteiger partial charge in [-0.3, -0.25) is 3.97 Å². The topological polar surface area (TPSA) is 73.2 Å². The van der Waals surface area contributed by atoms with Gasteiger partial charge in [-0.1, -0.05) is 24.3 Å². The second-order valence-corrected chi connectivity index (χ2v) is 9.29. The lowest BCUT2D eigenvalue weighted by molar-refractivity contribution is 0.553. The maximum atomic E-state index is 12.5. The van der Waals surface area contributed by atoms with Gasteiger partial charge in [-0.2, -0.15) is 0 Å². The van der Waals surface area contributed by atoms with Crippen LogP contribution < -0.4 is 0 Å². The molecular weight excluding hydrogens is 310 g/mol. The van der Waals surface area contributed by atoms with E-state index in [0.717, 1.165) is 16.2 Å². The first-order chi connectivity index (χ1) is 8.67. The molecule has 1 aromatic rings. The first-order valence-electron chi connectivity index (χ1n) is 5.39. The largest absolute Gasteiger partial charge is 0.262 e. The molecule has 19 heavy (non-hydrogen) atoms. The molecule has 0 radical (unpaired) electrons. The van der Waals surface area contributed by atoms with E-state index < -0.39 is 23.8 Å². The van der Waals surface area contributed by atoms with E-state index >= 15 is 0 Å². The molecule has 0 bridgehead atoms. The zero-order chi connectivity index (χ0) is 14.3. The van der Waals surface area contributed by atoms with Crippen LogP contribution in [-0.4, -0.2) is 25.6 Å². The van der Waals surface area contributed by atoms with Crippen molar-refractivity contribution in [3.63, 3.8) is 0 Å². The Hall–Kier alpha value is -1.05. The van der Waals surface area contributed by atoms with E-state index in [9.17, 15) is 16.8 Å². The van der Waals surface area contributed by atoms with Crippen LogP contribution in [0.4, 0.5) is 0 Å². The Morgan fingerprint density at radius 3 is 2.42 bits per heavy atom. The summed E-state index contributed by atoms with van der Waals surface area (Å²) in [5, 5.41) is 0. The number of rotatable bonds is 3. The molecule has 0 aromatic carbocycles. The van der Waals surface area contributed by atoms with E-state index in [-0.39, 0.29) is 4.90 Å². The third-order valence-electron chi connectivity index (χ3n) is 3.01. The van der Waals surface area contributed by atoms with Gasteiger partial charge in [0.25, 0.3) is 9.05 Å². The van der Waals surface area contributed by atoms with Crippen LogP contribution in [0.15, 0.2) is 47.7 Å². The molecule has 0 fully saturated rings. The molecule has 2 rings (SSSR count). The summed E-state index contributed by atoms with van der Waals surface area (Å²) in [6.45, 7) is 1.58. The highest BCUT2D eigenvalue weighted by Crippen LogP contribution is 2.29. The maximum absolute atomic E-state index is 12.5. The molecule has 0 saturated carbocycles. The summed E-state index contributed by atoms with van der Waals surface area (Å²) in [6, 6.07) is 1.16. The Labute approximate surface area is 116 Å². The zero-order valence-corrected chi connectivity index (χ0v) is 12.4. The molecule has 1 unspecified atom stereocenters. The van der Waals surface area contributed by atoms with Crippen molar-refractivity contribution in [2.45, 2.75) is 23.0 Å². The lowest BCUT2D eigenvalue weighted by atomic mass is 10.0. The molecule has 104 valence electrons. The first kappa shape index (κ1) is 14.4. The summed E-state index contributed by atoms with van der Waals surface area (Å²) in [5.41, 5.74) is 0. The smallest absolute Gasteiger partial charge is 0.251 e. The highest BCUT2D eigenvalue weighted by atomic mass is 35.7. The van der Waals surface area contributed by atoms with Crippen molar-refractivity contribution in [2.75, 3.05) is 0 Å². The van der Waals surface area contributed by atoms with Gasteiger partial charge in [0.05, 0.1) is 0 Å². The van der Waals surface area contributed by atoms with Crippen LogP contribution in [0.3, 0.4) is 0 Å². The van der Waals surface area contributed by atoms with Crippen LogP contribution in [-0.2, 0) is 19.1 Å². The number of halogens is 1. The molecule has 5 nitrogen and oxygen atoms in total. The van der Waals surface area contributed by atoms with Gasteiger partial charge < -0.3 is 0 Å². The number of allylic oxidation sites excluding steroid dienone is 3. The molecule has 0 spiro atoms. The van der Waals surface area contributed by atoms with Crippen LogP contribution >= 0.6 is 10.7 Å². The maximum Gasteiger partial charge on any atom is 0.262 e. The molecule has 8 heteroatoms. The van der Waals surface area contributed by atoms with Gasteiger partial charge >= 0.3 is 0 Å². The summed E-state index contributed by atoms with van der Waals surface area (Å²) in [6.07, 6.45) is 9.27. The van der Waals surface area contributed by atoms with Gasteiger partial charge in [-0.25, -0.2) is 16.8 Å². The minimum atomic E-state index is -3.94. The minimum absolute atomic E-state index is 0.239. The predicted molar refractivity (Wildman–Crippen MR) is 73.1 cm³/mol. The highest BCUT2D eigenvalue weighted by Gasteiger charge is 2.38. The Morgan fingerprint density at radius 1 is 1.26 bits per heavy atom. The Balaban J connectivity index is 2.49. The zero-order valence-electron chi connectivity index (χ0n) is 10.0. The van der Waals surface area contributed by atoms with Crippen LogP contribution in [0.5, 0.6) is 0 Å². The molecule has 0 amide bonds. The molecule has 1 atom stereocenters. The predicted octanol–water partition coefficient (Wildman–Crippen LogP) is 1.87. The minimum Gasteiger partial charge on any atom is -0.251 e. The van der Waals surface area contributed by atoms with Gasteiger partial charge in [0.1, 0.15) is 9.64 Å². The third-order valence-corrected chi connectivity index (χ3v) is 6.61.